The van der Waals surface area contributed by atoms with E-state index in [1.165, 1.54) is 74.3 Å². The van der Waals surface area contributed by atoms with Gasteiger partial charge in [0.2, 0.25) is 5.91 Å². The van der Waals surface area contributed by atoms with Gasteiger partial charge in [0.25, 0.3) is 5.69 Å². The molecule has 9 heteroatoms. The average Bonchev–Trinajstić information content (AvgIpc) is 2.90. The highest BCUT2D eigenvalue weighted by Crippen LogP contribution is 2.50. The van der Waals surface area contributed by atoms with Crippen LogP contribution in [0.3, 0.4) is 0 Å². The normalized spacial score (nSPS) is 12.8. The SMILES string of the molecule is C[P+](C)(CCCCCCCCCCCC(=O)N[C@H](CO)[C@H](O)c1ccc([N+](=O)[O-])cc1)c1ccccc1.[Cl-]. The van der Waals surface area contributed by atoms with E-state index >= 15 is 0 Å². The van der Waals surface area contributed by atoms with E-state index in [1.807, 2.05) is 0 Å². The second-order valence-electron chi connectivity index (χ2n) is 10.3. The van der Waals surface area contributed by atoms with Crippen LogP contribution in [-0.4, -0.2) is 53.2 Å². The summed E-state index contributed by atoms with van der Waals surface area (Å²) in [5.41, 5.74) is 0.330. The molecule has 2 atom stereocenters. The predicted molar refractivity (Wildman–Crippen MR) is 153 cm³/mol. The summed E-state index contributed by atoms with van der Waals surface area (Å²) in [5.74, 6) is -0.207. The number of rotatable bonds is 18. The average molecular weight is 567 g/mol. The van der Waals surface area contributed by atoms with Crippen molar-refractivity contribution in [2.45, 2.75) is 76.4 Å². The van der Waals surface area contributed by atoms with Gasteiger partial charge in [0.05, 0.1) is 42.4 Å². The van der Waals surface area contributed by atoms with Gasteiger partial charge in [-0.15, -0.1) is 0 Å². The quantitative estimate of drug-likeness (QED) is 0.111. The van der Waals surface area contributed by atoms with E-state index in [-0.39, 0.29) is 24.0 Å². The number of benzene rings is 2. The van der Waals surface area contributed by atoms with E-state index in [0.29, 0.717) is 12.0 Å². The molecule has 0 aromatic heterocycles. The highest BCUT2D eigenvalue weighted by molar-refractivity contribution is 7.81. The number of hydrogen-bond acceptors (Lipinski definition) is 5. The smallest absolute Gasteiger partial charge is 0.269 e. The minimum absolute atomic E-state index is 0. The first kappa shape index (κ1) is 34.0. The molecule has 38 heavy (non-hydrogen) atoms. The predicted octanol–water partition coefficient (Wildman–Crippen LogP) is 2.61. The number of nitrogens with one attached hydrogen (secondary N) is 1. The Morgan fingerprint density at radius 1 is 0.895 bits per heavy atom. The van der Waals surface area contributed by atoms with Crippen LogP contribution >= 0.6 is 7.26 Å². The Balaban J connectivity index is 0.00000722. The second kappa shape index (κ2) is 18.3. The maximum atomic E-state index is 12.3. The fraction of sp³-hybridized carbons (Fsp3) is 0.552. The number of unbranched alkanes of at least 4 members (excludes halogenated alkanes) is 8. The fourth-order valence-electron chi connectivity index (χ4n) is 4.52. The third kappa shape index (κ3) is 12.2. The van der Waals surface area contributed by atoms with E-state index in [9.17, 15) is 25.1 Å². The van der Waals surface area contributed by atoms with E-state index in [0.717, 1.165) is 19.3 Å². The van der Waals surface area contributed by atoms with Gasteiger partial charge >= 0.3 is 0 Å². The molecule has 0 saturated carbocycles. The summed E-state index contributed by atoms with van der Waals surface area (Å²) in [7, 11) is -0.998. The lowest BCUT2D eigenvalue weighted by Gasteiger charge is -2.22. The highest BCUT2D eigenvalue weighted by atomic mass is 35.5. The first-order valence-electron chi connectivity index (χ1n) is 13.5. The topological polar surface area (TPSA) is 113 Å². The molecule has 212 valence electrons. The van der Waals surface area contributed by atoms with Gasteiger partial charge in [0.15, 0.2) is 0 Å². The van der Waals surface area contributed by atoms with Crippen LogP contribution in [0.2, 0.25) is 0 Å². The highest BCUT2D eigenvalue weighted by Gasteiger charge is 2.27. The monoisotopic (exact) mass is 566 g/mol. The number of non-ortho nitro benzene ring substituents is 1. The zero-order valence-electron chi connectivity index (χ0n) is 22.7. The first-order chi connectivity index (χ1) is 17.7. The molecule has 0 saturated heterocycles. The number of carbonyl (C=O) groups excluding carboxylic acids is 1. The second-order valence-corrected chi connectivity index (χ2v) is 14.7. The Labute approximate surface area is 234 Å². The molecule has 0 radical (unpaired) electrons. The Hall–Kier alpha value is -2.05. The van der Waals surface area contributed by atoms with Gasteiger partial charge in [-0.1, -0.05) is 56.7 Å². The number of hydrogen-bond donors (Lipinski definition) is 3. The molecular weight excluding hydrogens is 523 g/mol. The number of aliphatic hydroxyl groups is 2. The summed E-state index contributed by atoms with van der Waals surface area (Å²) in [6.45, 7) is 4.46. The van der Waals surface area contributed by atoms with Gasteiger partial charge in [-0.25, -0.2) is 0 Å². The van der Waals surface area contributed by atoms with Crippen molar-refractivity contribution in [3.8, 4) is 0 Å². The van der Waals surface area contributed by atoms with E-state index in [1.54, 1.807) is 0 Å². The molecular formula is C29H44ClN2O5P. The van der Waals surface area contributed by atoms with Crippen LogP contribution in [0, 0.1) is 10.1 Å². The summed E-state index contributed by atoms with van der Waals surface area (Å²) >= 11 is 0. The van der Waals surface area contributed by atoms with E-state index in [2.05, 4.69) is 49.0 Å². The van der Waals surface area contributed by atoms with Gasteiger partial charge in [0, 0.05) is 25.8 Å². The number of nitro groups is 1. The van der Waals surface area contributed by atoms with Crippen LogP contribution in [0.4, 0.5) is 5.69 Å². The summed E-state index contributed by atoms with van der Waals surface area (Å²) in [6, 6.07) is 15.5. The molecule has 2 aromatic carbocycles. The zero-order chi connectivity index (χ0) is 27.1. The van der Waals surface area contributed by atoms with Crippen molar-refractivity contribution >= 4 is 24.2 Å². The van der Waals surface area contributed by atoms with Crippen molar-refractivity contribution in [1.82, 2.24) is 5.32 Å². The van der Waals surface area contributed by atoms with Crippen molar-refractivity contribution < 1.29 is 32.3 Å². The summed E-state index contributed by atoms with van der Waals surface area (Å²) in [5, 5.41) is 35.0. The molecule has 3 N–H and O–H groups in total. The summed E-state index contributed by atoms with van der Waals surface area (Å²) < 4.78 is 0. The molecule has 0 heterocycles. The largest absolute Gasteiger partial charge is 1.00 e. The maximum Gasteiger partial charge on any atom is 0.269 e. The number of halogens is 1. The molecule has 0 unspecified atom stereocenters. The van der Waals surface area contributed by atoms with E-state index < -0.39 is 30.9 Å². The lowest BCUT2D eigenvalue weighted by atomic mass is 10.0. The molecule has 0 bridgehead atoms. The molecule has 0 spiro atoms. The molecule has 0 aliphatic rings. The third-order valence-electron chi connectivity index (χ3n) is 6.95. The maximum absolute atomic E-state index is 12.3. The molecule has 2 rings (SSSR count). The van der Waals surface area contributed by atoms with Gasteiger partial charge in [0.1, 0.15) is 6.10 Å². The first-order valence-corrected chi connectivity index (χ1v) is 16.3. The fourth-order valence-corrected chi connectivity index (χ4v) is 6.77. The number of amides is 1. The van der Waals surface area contributed by atoms with Crippen molar-refractivity contribution in [2.24, 2.45) is 0 Å². The van der Waals surface area contributed by atoms with Crippen molar-refractivity contribution in [2.75, 3.05) is 26.1 Å². The zero-order valence-corrected chi connectivity index (χ0v) is 24.4. The van der Waals surface area contributed by atoms with Gasteiger partial charge in [-0.05, 0) is 49.1 Å². The summed E-state index contributed by atoms with van der Waals surface area (Å²) in [4.78, 5) is 22.5. The number of carbonyl (C=O) groups is 1. The minimum Gasteiger partial charge on any atom is -1.00 e. The van der Waals surface area contributed by atoms with Crippen LogP contribution in [-0.2, 0) is 4.79 Å². The van der Waals surface area contributed by atoms with E-state index in [4.69, 9.17) is 0 Å². The van der Waals surface area contributed by atoms with Gasteiger partial charge in [-0.2, -0.15) is 0 Å². The van der Waals surface area contributed by atoms with Crippen molar-refractivity contribution in [3.63, 3.8) is 0 Å². The summed E-state index contributed by atoms with van der Waals surface area (Å²) in [6.07, 6.45) is 11.0. The third-order valence-corrected chi connectivity index (χ3v) is 10.1. The van der Waals surface area contributed by atoms with Crippen LogP contribution < -0.4 is 23.0 Å². The molecule has 0 fully saturated rings. The van der Waals surface area contributed by atoms with Gasteiger partial charge < -0.3 is 27.9 Å². The lowest BCUT2D eigenvalue weighted by molar-refractivity contribution is -0.384. The Kier molecular flexibility index (Phi) is 16.3. The van der Waals surface area contributed by atoms with Crippen molar-refractivity contribution in [3.05, 3.63) is 70.3 Å². The van der Waals surface area contributed by atoms with Crippen molar-refractivity contribution in [1.29, 1.82) is 0 Å². The molecule has 7 nitrogen and oxygen atoms in total. The Morgan fingerprint density at radius 3 is 1.95 bits per heavy atom. The van der Waals surface area contributed by atoms with Crippen LogP contribution in [0.15, 0.2) is 54.6 Å². The number of aliphatic hydroxyl groups excluding tert-OH is 2. The van der Waals surface area contributed by atoms with Crippen LogP contribution in [0.25, 0.3) is 0 Å². The standard InChI is InChI=1S/C29H43N2O5P.ClH/c1-37(2,26-15-11-10-12-16-26)22-14-9-7-5-3-4-6-8-13-17-28(33)30-27(23-32)29(34)24-18-20-25(21-19-24)31(35)36;/h10-12,15-16,18-21,27,29,32,34H,3-9,13-14,17,22-23H2,1-2H3;1H/t27-,29-;/m1./s1. The molecule has 0 aliphatic carbocycles. The molecule has 2 aromatic rings. The van der Waals surface area contributed by atoms with Crippen LogP contribution in [0.1, 0.15) is 75.9 Å². The molecule has 0 aliphatic heterocycles. The Morgan fingerprint density at radius 2 is 1.42 bits per heavy atom. The molecule has 1 amide bonds. The number of nitrogens with zero attached hydrogens (tertiary/aromatic N) is 1. The Bertz CT molecular complexity index is 944. The minimum atomic E-state index is -1.14. The lowest BCUT2D eigenvalue weighted by Crippen LogP contribution is -3.00. The van der Waals surface area contributed by atoms with Gasteiger partial charge in [-0.3, -0.25) is 14.9 Å². The van der Waals surface area contributed by atoms with Crippen LogP contribution in [0.5, 0.6) is 0 Å². The number of nitro benzene ring substituents is 1.